The van der Waals surface area contributed by atoms with E-state index in [0.717, 1.165) is 26.0 Å². The molecule has 2 heterocycles. The molecule has 0 bridgehead atoms. The maximum atomic E-state index is 11.3. The maximum absolute atomic E-state index is 11.3. The van der Waals surface area contributed by atoms with Crippen LogP contribution in [0.25, 0.3) is 0 Å². The van der Waals surface area contributed by atoms with Crippen molar-refractivity contribution in [2.75, 3.05) is 25.6 Å². The van der Waals surface area contributed by atoms with Crippen molar-refractivity contribution in [3.63, 3.8) is 0 Å². The van der Waals surface area contributed by atoms with Gasteiger partial charge in [0.1, 0.15) is 6.61 Å². The summed E-state index contributed by atoms with van der Waals surface area (Å²) < 4.78 is 12.0. The Bertz CT molecular complexity index is 372. The predicted molar refractivity (Wildman–Crippen MR) is 61.7 cm³/mol. The van der Waals surface area contributed by atoms with E-state index in [9.17, 15) is 4.79 Å². The second kappa shape index (κ2) is 5.79. The fourth-order valence-electron chi connectivity index (χ4n) is 1.85. The van der Waals surface area contributed by atoms with E-state index in [2.05, 4.69) is 10.4 Å². The van der Waals surface area contributed by atoms with Gasteiger partial charge >= 0.3 is 0 Å². The minimum Gasteiger partial charge on any atom is -0.376 e. The zero-order valence-electron chi connectivity index (χ0n) is 9.89. The van der Waals surface area contributed by atoms with Crippen LogP contribution in [0, 0.1) is 0 Å². The van der Waals surface area contributed by atoms with Crippen molar-refractivity contribution in [2.45, 2.75) is 25.5 Å². The topological polar surface area (TPSA) is 65.4 Å². The SMILES string of the molecule is COCC(=O)Nc1cnn(CC2CCCO2)c1. The molecule has 1 amide bonds. The molecule has 94 valence electrons. The minimum absolute atomic E-state index is 0.0525. The molecule has 0 saturated carbocycles. The molecule has 1 aliphatic rings. The monoisotopic (exact) mass is 239 g/mol. The number of ether oxygens (including phenoxy) is 2. The number of carbonyl (C=O) groups is 1. The van der Waals surface area contributed by atoms with Crippen molar-refractivity contribution in [3.8, 4) is 0 Å². The summed E-state index contributed by atoms with van der Waals surface area (Å²) >= 11 is 0. The molecule has 2 rings (SSSR count). The highest BCUT2D eigenvalue weighted by molar-refractivity contribution is 5.91. The van der Waals surface area contributed by atoms with Gasteiger partial charge in [-0.2, -0.15) is 5.10 Å². The number of nitrogens with zero attached hydrogens (tertiary/aromatic N) is 2. The van der Waals surface area contributed by atoms with Crippen molar-refractivity contribution < 1.29 is 14.3 Å². The minimum atomic E-state index is -0.177. The molecule has 1 N–H and O–H groups in total. The van der Waals surface area contributed by atoms with Gasteiger partial charge in [0, 0.05) is 19.9 Å². The fourth-order valence-corrected chi connectivity index (χ4v) is 1.85. The molecule has 0 radical (unpaired) electrons. The van der Waals surface area contributed by atoms with Crippen molar-refractivity contribution in [1.29, 1.82) is 0 Å². The third-order valence-corrected chi connectivity index (χ3v) is 2.61. The van der Waals surface area contributed by atoms with Gasteiger partial charge in [-0.05, 0) is 12.8 Å². The van der Waals surface area contributed by atoms with Crippen LogP contribution in [0.3, 0.4) is 0 Å². The lowest BCUT2D eigenvalue weighted by Gasteiger charge is -2.08. The standard InChI is InChI=1S/C11H17N3O3/c1-16-8-11(15)13-9-5-12-14(6-9)7-10-3-2-4-17-10/h5-6,10H,2-4,7-8H2,1H3,(H,13,15). The van der Waals surface area contributed by atoms with Gasteiger partial charge in [0.15, 0.2) is 0 Å². The molecular formula is C11H17N3O3. The third kappa shape index (κ3) is 3.54. The van der Waals surface area contributed by atoms with E-state index in [1.54, 1.807) is 17.1 Å². The molecule has 1 saturated heterocycles. The molecule has 1 aliphatic heterocycles. The number of nitrogens with one attached hydrogen (secondary N) is 1. The Morgan fingerprint density at radius 2 is 2.65 bits per heavy atom. The highest BCUT2D eigenvalue weighted by atomic mass is 16.5. The van der Waals surface area contributed by atoms with E-state index >= 15 is 0 Å². The van der Waals surface area contributed by atoms with E-state index in [-0.39, 0.29) is 18.6 Å². The molecule has 0 aromatic carbocycles. The van der Waals surface area contributed by atoms with Crippen molar-refractivity contribution in [3.05, 3.63) is 12.4 Å². The molecule has 0 spiro atoms. The number of anilines is 1. The van der Waals surface area contributed by atoms with Crippen LogP contribution in [-0.2, 0) is 20.8 Å². The molecule has 1 fully saturated rings. The largest absolute Gasteiger partial charge is 0.376 e. The van der Waals surface area contributed by atoms with Crippen molar-refractivity contribution in [1.82, 2.24) is 9.78 Å². The number of hydrogen-bond donors (Lipinski definition) is 1. The normalized spacial score (nSPS) is 19.5. The maximum Gasteiger partial charge on any atom is 0.250 e. The Labute approximate surface area is 99.9 Å². The zero-order valence-corrected chi connectivity index (χ0v) is 9.89. The molecule has 6 heteroatoms. The number of amides is 1. The number of rotatable bonds is 5. The van der Waals surface area contributed by atoms with Gasteiger partial charge in [-0.3, -0.25) is 9.48 Å². The summed E-state index contributed by atoms with van der Waals surface area (Å²) in [4.78, 5) is 11.3. The number of carbonyl (C=O) groups excluding carboxylic acids is 1. The van der Waals surface area contributed by atoms with Gasteiger partial charge < -0.3 is 14.8 Å². The van der Waals surface area contributed by atoms with Crippen molar-refractivity contribution >= 4 is 11.6 Å². The summed E-state index contributed by atoms with van der Waals surface area (Å²) in [7, 11) is 1.49. The van der Waals surface area contributed by atoms with E-state index < -0.39 is 0 Å². The van der Waals surface area contributed by atoms with Gasteiger partial charge in [0.25, 0.3) is 0 Å². The lowest BCUT2D eigenvalue weighted by molar-refractivity contribution is -0.119. The summed E-state index contributed by atoms with van der Waals surface area (Å²) in [6.07, 6.45) is 5.87. The summed E-state index contributed by atoms with van der Waals surface area (Å²) in [6.45, 7) is 1.63. The molecular weight excluding hydrogens is 222 g/mol. The summed E-state index contributed by atoms with van der Waals surface area (Å²) in [5.74, 6) is -0.177. The van der Waals surface area contributed by atoms with Crippen molar-refractivity contribution in [2.24, 2.45) is 0 Å². The number of aromatic nitrogens is 2. The Kier molecular flexibility index (Phi) is 4.11. The predicted octanol–water partition coefficient (Wildman–Crippen LogP) is 0.647. The summed E-state index contributed by atoms with van der Waals surface area (Å²) in [5.41, 5.74) is 0.685. The molecule has 0 aliphatic carbocycles. The summed E-state index contributed by atoms with van der Waals surface area (Å²) in [5, 5.41) is 6.87. The highest BCUT2D eigenvalue weighted by Gasteiger charge is 2.16. The Morgan fingerprint density at radius 1 is 1.76 bits per heavy atom. The Balaban J connectivity index is 1.84. The first-order valence-corrected chi connectivity index (χ1v) is 5.71. The van der Waals surface area contributed by atoms with E-state index in [1.807, 2.05) is 0 Å². The van der Waals surface area contributed by atoms with E-state index in [4.69, 9.17) is 9.47 Å². The van der Waals surface area contributed by atoms with Crippen LogP contribution in [0.15, 0.2) is 12.4 Å². The number of methoxy groups -OCH3 is 1. The first-order chi connectivity index (χ1) is 8.28. The van der Waals surface area contributed by atoms with Gasteiger partial charge in [-0.1, -0.05) is 0 Å². The van der Waals surface area contributed by atoms with Crippen LogP contribution in [-0.4, -0.2) is 42.1 Å². The summed E-state index contributed by atoms with van der Waals surface area (Å²) in [6, 6.07) is 0. The van der Waals surface area contributed by atoms with Crippen LogP contribution in [0.2, 0.25) is 0 Å². The third-order valence-electron chi connectivity index (χ3n) is 2.61. The Morgan fingerprint density at radius 3 is 3.35 bits per heavy atom. The molecule has 17 heavy (non-hydrogen) atoms. The van der Waals surface area contributed by atoms with Gasteiger partial charge in [0.05, 0.1) is 24.5 Å². The molecule has 1 atom stereocenters. The molecule has 1 aromatic rings. The average molecular weight is 239 g/mol. The van der Waals surface area contributed by atoms with Gasteiger partial charge in [-0.25, -0.2) is 0 Å². The second-order valence-electron chi connectivity index (χ2n) is 4.07. The lowest BCUT2D eigenvalue weighted by Crippen LogP contribution is -2.17. The van der Waals surface area contributed by atoms with Crippen LogP contribution in [0.4, 0.5) is 5.69 Å². The highest BCUT2D eigenvalue weighted by Crippen LogP contribution is 2.14. The number of hydrogen-bond acceptors (Lipinski definition) is 4. The van der Waals surface area contributed by atoms with Crippen LogP contribution in [0.1, 0.15) is 12.8 Å². The second-order valence-corrected chi connectivity index (χ2v) is 4.07. The quantitative estimate of drug-likeness (QED) is 0.819. The van der Waals surface area contributed by atoms with E-state index in [1.165, 1.54) is 7.11 Å². The van der Waals surface area contributed by atoms with Gasteiger partial charge in [-0.15, -0.1) is 0 Å². The molecule has 1 unspecified atom stereocenters. The first-order valence-electron chi connectivity index (χ1n) is 5.71. The smallest absolute Gasteiger partial charge is 0.250 e. The van der Waals surface area contributed by atoms with E-state index in [0.29, 0.717) is 5.69 Å². The van der Waals surface area contributed by atoms with Gasteiger partial charge in [0.2, 0.25) is 5.91 Å². The van der Waals surface area contributed by atoms with Crippen LogP contribution < -0.4 is 5.32 Å². The molecule has 6 nitrogen and oxygen atoms in total. The lowest BCUT2D eigenvalue weighted by atomic mass is 10.2. The average Bonchev–Trinajstić information content (AvgIpc) is 2.91. The zero-order chi connectivity index (χ0) is 12.1. The van der Waals surface area contributed by atoms with Crippen LogP contribution in [0.5, 0.6) is 0 Å². The molecule has 1 aromatic heterocycles. The van der Waals surface area contributed by atoms with Crippen LogP contribution >= 0.6 is 0 Å². The Hall–Kier alpha value is -1.40. The first kappa shape index (κ1) is 12.1. The fraction of sp³-hybridized carbons (Fsp3) is 0.636.